The van der Waals surface area contributed by atoms with Crippen molar-refractivity contribution in [2.75, 3.05) is 0 Å². The minimum absolute atomic E-state index is 0.348. The Hall–Kier alpha value is -1.64. The molecule has 3 heteroatoms. The lowest BCUT2D eigenvalue weighted by molar-refractivity contribution is -0.131. The Balaban J connectivity index is 3.26. The van der Waals surface area contributed by atoms with Crippen LogP contribution in [0.3, 0.4) is 0 Å². The van der Waals surface area contributed by atoms with E-state index < -0.39 is 5.97 Å². The molecular weight excluding hydrogens is 195 g/mol. The number of hydrogen-bond donors (Lipinski definition) is 1. The van der Waals surface area contributed by atoms with Crippen LogP contribution in [0.4, 0.5) is 4.39 Å². The van der Waals surface area contributed by atoms with Gasteiger partial charge in [0, 0.05) is 11.6 Å². The van der Waals surface area contributed by atoms with Crippen LogP contribution in [0, 0.1) is 19.7 Å². The molecule has 0 bridgehead atoms. The smallest absolute Gasteiger partial charge is 0.328 e. The molecule has 0 spiro atoms. The normalized spacial score (nSPS) is 11.6. The Labute approximate surface area is 88.1 Å². The molecule has 2 nitrogen and oxygen atoms in total. The van der Waals surface area contributed by atoms with Crippen LogP contribution in [-0.4, -0.2) is 11.1 Å². The largest absolute Gasteiger partial charge is 0.478 e. The first kappa shape index (κ1) is 11.4. The van der Waals surface area contributed by atoms with Gasteiger partial charge in [0.1, 0.15) is 5.82 Å². The number of carboxylic acid groups (broad SMARTS) is 1. The molecule has 0 aliphatic rings. The number of halogens is 1. The third kappa shape index (κ3) is 2.65. The molecular formula is C12H13FO2. The fourth-order valence-corrected chi connectivity index (χ4v) is 1.35. The zero-order valence-corrected chi connectivity index (χ0v) is 8.97. The van der Waals surface area contributed by atoms with Crippen LogP contribution in [0.5, 0.6) is 0 Å². The van der Waals surface area contributed by atoms with Crippen LogP contribution in [0.2, 0.25) is 0 Å². The van der Waals surface area contributed by atoms with Crippen molar-refractivity contribution in [3.63, 3.8) is 0 Å². The lowest BCUT2D eigenvalue weighted by Gasteiger charge is -2.07. The SMILES string of the molecule is C/C(=C\C(=O)O)c1cc(C)c(C)cc1F. The van der Waals surface area contributed by atoms with Crippen molar-refractivity contribution >= 4 is 11.5 Å². The predicted octanol–water partition coefficient (Wildman–Crippen LogP) is 2.93. The van der Waals surface area contributed by atoms with Crippen LogP contribution in [-0.2, 0) is 4.79 Å². The molecule has 0 saturated carbocycles. The average Bonchev–Trinajstić information content (AvgIpc) is 2.09. The maximum Gasteiger partial charge on any atom is 0.328 e. The van der Waals surface area contributed by atoms with E-state index in [-0.39, 0.29) is 5.82 Å². The second kappa shape index (κ2) is 4.26. The molecule has 15 heavy (non-hydrogen) atoms. The van der Waals surface area contributed by atoms with E-state index in [1.54, 1.807) is 13.0 Å². The maximum atomic E-state index is 13.5. The van der Waals surface area contributed by atoms with Crippen molar-refractivity contribution < 1.29 is 14.3 Å². The summed E-state index contributed by atoms with van der Waals surface area (Å²) in [6.07, 6.45) is 1.01. The summed E-state index contributed by atoms with van der Waals surface area (Å²) in [6, 6.07) is 3.09. The van der Waals surface area contributed by atoms with E-state index in [1.165, 1.54) is 6.07 Å². The average molecular weight is 208 g/mol. The minimum atomic E-state index is -1.06. The summed E-state index contributed by atoms with van der Waals surface area (Å²) < 4.78 is 13.5. The van der Waals surface area contributed by atoms with Crippen LogP contribution in [0.15, 0.2) is 18.2 Å². The quantitative estimate of drug-likeness (QED) is 0.759. The van der Waals surface area contributed by atoms with Gasteiger partial charge in [0.15, 0.2) is 0 Å². The van der Waals surface area contributed by atoms with Gasteiger partial charge in [-0.05, 0) is 49.6 Å². The molecule has 0 aliphatic heterocycles. The zero-order chi connectivity index (χ0) is 11.6. The van der Waals surface area contributed by atoms with Crippen molar-refractivity contribution in [1.29, 1.82) is 0 Å². The van der Waals surface area contributed by atoms with Crippen molar-refractivity contribution in [2.24, 2.45) is 0 Å². The molecule has 0 radical (unpaired) electrons. The summed E-state index contributed by atoms with van der Waals surface area (Å²) in [5.74, 6) is -1.45. The van der Waals surface area contributed by atoms with E-state index in [2.05, 4.69) is 0 Å². The maximum absolute atomic E-state index is 13.5. The van der Waals surface area contributed by atoms with Gasteiger partial charge in [0.2, 0.25) is 0 Å². The van der Waals surface area contributed by atoms with Gasteiger partial charge in [-0.3, -0.25) is 0 Å². The van der Waals surface area contributed by atoms with Gasteiger partial charge in [-0.1, -0.05) is 0 Å². The number of carboxylic acids is 1. The highest BCUT2D eigenvalue weighted by Crippen LogP contribution is 2.21. The Morgan fingerprint density at radius 1 is 1.33 bits per heavy atom. The number of aryl methyl sites for hydroxylation is 2. The number of carbonyl (C=O) groups is 1. The Morgan fingerprint density at radius 3 is 2.40 bits per heavy atom. The van der Waals surface area contributed by atoms with E-state index in [0.717, 1.165) is 17.2 Å². The number of hydrogen-bond acceptors (Lipinski definition) is 1. The Bertz CT molecular complexity index is 433. The molecule has 0 aliphatic carbocycles. The van der Waals surface area contributed by atoms with Gasteiger partial charge in [-0.2, -0.15) is 0 Å². The number of allylic oxidation sites excluding steroid dienone is 1. The molecule has 80 valence electrons. The van der Waals surface area contributed by atoms with Crippen molar-refractivity contribution in [2.45, 2.75) is 20.8 Å². The molecule has 0 unspecified atom stereocenters. The molecule has 0 saturated heterocycles. The fourth-order valence-electron chi connectivity index (χ4n) is 1.35. The summed E-state index contributed by atoms with van der Waals surface area (Å²) in [4.78, 5) is 10.4. The second-order valence-corrected chi connectivity index (χ2v) is 3.58. The highest BCUT2D eigenvalue weighted by molar-refractivity contribution is 5.89. The first-order chi connectivity index (χ1) is 6.91. The highest BCUT2D eigenvalue weighted by Gasteiger charge is 2.07. The van der Waals surface area contributed by atoms with Crippen molar-refractivity contribution in [3.05, 3.63) is 40.7 Å². The molecule has 0 heterocycles. The summed E-state index contributed by atoms with van der Waals surface area (Å²) in [5, 5.41) is 8.56. The fraction of sp³-hybridized carbons (Fsp3) is 0.250. The number of aliphatic carboxylic acids is 1. The van der Waals surface area contributed by atoms with E-state index >= 15 is 0 Å². The standard InChI is InChI=1S/C12H13FO2/c1-7-4-10(9(3)6-12(14)15)11(13)5-8(7)2/h4-6H,1-3H3,(H,14,15)/b9-6+. The molecule has 1 rings (SSSR count). The molecule has 0 atom stereocenters. The van der Waals surface area contributed by atoms with E-state index in [9.17, 15) is 9.18 Å². The van der Waals surface area contributed by atoms with Crippen LogP contribution in [0.25, 0.3) is 5.57 Å². The van der Waals surface area contributed by atoms with Gasteiger partial charge in [0.25, 0.3) is 0 Å². The second-order valence-electron chi connectivity index (χ2n) is 3.58. The molecule has 0 aromatic heterocycles. The van der Waals surface area contributed by atoms with E-state index in [0.29, 0.717) is 11.1 Å². The molecule has 0 amide bonds. The highest BCUT2D eigenvalue weighted by atomic mass is 19.1. The molecule has 1 aromatic carbocycles. The first-order valence-corrected chi connectivity index (χ1v) is 4.60. The summed E-state index contributed by atoms with van der Waals surface area (Å²) in [7, 11) is 0. The third-order valence-electron chi connectivity index (χ3n) is 2.35. The number of rotatable bonds is 2. The lowest BCUT2D eigenvalue weighted by Crippen LogP contribution is -1.95. The van der Waals surface area contributed by atoms with Crippen LogP contribution < -0.4 is 0 Å². The topological polar surface area (TPSA) is 37.3 Å². The van der Waals surface area contributed by atoms with Crippen molar-refractivity contribution in [1.82, 2.24) is 0 Å². The van der Waals surface area contributed by atoms with Gasteiger partial charge in [0.05, 0.1) is 0 Å². The summed E-state index contributed by atoms with van der Waals surface area (Å²) >= 11 is 0. The summed E-state index contributed by atoms with van der Waals surface area (Å²) in [6.45, 7) is 5.27. The minimum Gasteiger partial charge on any atom is -0.478 e. The lowest BCUT2D eigenvalue weighted by atomic mass is 10.0. The molecule has 1 aromatic rings. The van der Waals surface area contributed by atoms with Crippen molar-refractivity contribution in [3.8, 4) is 0 Å². The predicted molar refractivity (Wildman–Crippen MR) is 57.2 cm³/mol. The van der Waals surface area contributed by atoms with Gasteiger partial charge < -0.3 is 5.11 Å². The number of benzene rings is 1. The zero-order valence-electron chi connectivity index (χ0n) is 8.97. The van der Waals surface area contributed by atoms with Crippen LogP contribution >= 0.6 is 0 Å². The Morgan fingerprint density at radius 2 is 1.87 bits per heavy atom. The van der Waals surface area contributed by atoms with E-state index in [1.807, 2.05) is 13.8 Å². The van der Waals surface area contributed by atoms with Gasteiger partial charge >= 0.3 is 5.97 Å². The Kier molecular flexibility index (Phi) is 3.24. The monoisotopic (exact) mass is 208 g/mol. The third-order valence-corrected chi connectivity index (χ3v) is 2.35. The molecule has 0 fully saturated rings. The summed E-state index contributed by atoms with van der Waals surface area (Å²) in [5.41, 5.74) is 2.58. The van der Waals surface area contributed by atoms with Crippen LogP contribution in [0.1, 0.15) is 23.6 Å². The van der Waals surface area contributed by atoms with Gasteiger partial charge in [-0.15, -0.1) is 0 Å². The van der Waals surface area contributed by atoms with Gasteiger partial charge in [-0.25, -0.2) is 9.18 Å². The first-order valence-electron chi connectivity index (χ1n) is 4.60. The van der Waals surface area contributed by atoms with E-state index in [4.69, 9.17) is 5.11 Å². The molecule has 1 N–H and O–H groups in total.